The molecule has 1 fully saturated rings. The minimum absolute atomic E-state index is 0.106. The van der Waals surface area contributed by atoms with Crippen LogP contribution in [-0.4, -0.2) is 56.6 Å². The zero-order valence-electron chi connectivity index (χ0n) is 12.2. The Labute approximate surface area is 124 Å². The summed E-state index contributed by atoms with van der Waals surface area (Å²) in [6.45, 7) is 5.88. The van der Waals surface area contributed by atoms with Gasteiger partial charge in [-0.3, -0.25) is 4.79 Å². The molecule has 120 valence electrons. The molecule has 1 saturated heterocycles. The summed E-state index contributed by atoms with van der Waals surface area (Å²) < 4.78 is 10.4. The highest BCUT2D eigenvalue weighted by Gasteiger charge is 2.40. The SMILES string of the molecule is C=CCCOCCNC(=O)NCC1(C(=O)O)CCOCC1. The second-order valence-corrected chi connectivity index (χ2v) is 5.00. The monoisotopic (exact) mass is 300 g/mol. The van der Waals surface area contributed by atoms with Gasteiger partial charge in [-0.25, -0.2) is 4.79 Å². The van der Waals surface area contributed by atoms with E-state index in [1.165, 1.54) is 0 Å². The normalized spacial score (nSPS) is 17.0. The van der Waals surface area contributed by atoms with Gasteiger partial charge in [0.2, 0.25) is 0 Å². The highest BCUT2D eigenvalue weighted by Crippen LogP contribution is 2.29. The molecule has 0 aromatic heterocycles. The number of carbonyl (C=O) groups is 2. The van der Waals surface area contributed by atoms with Crippen molar-refractivity contribution in [1.29, 1.82) is 0 Å². The smallest absolute Gasteiger partial charge is 0.314 e. The van der Waals surface area contributed by atoms with Gasteiger partial charge in [0.1, 0.15) is 0 Å². The van der Waals surface area contributed by atoms with E-state index in [9.17, 15) is 14.7 Å². The second-order valence-electron chi connectivity index (χ2n) is 5.00. The van der Waals surface area contributed by atoms with Gasteiger partial charge < -0.3 is 25.2 Å². The van der Waals surface area contributed by atoms with Gasteiger partial charge in [0.15, 0.2) is 0 Å². The molecule has 0 bridgehead atoms. The van der Waals surface area contributed by atoms with Gasteiger partial charge in [-0.1, -0.05) is 6.08 Å². The summed E-state index contributed by atoms with van der Waals surface area (Å²) in [4.78, 5) is 23.0. The molecular formula is C14H24N2O5. The maximum Gasteiger partial charge on any atom is 0.314 e. The van der Waals surface area contributed by atoms with Gasteiger partial charge in [-0.15, -0.1) is 6.58 Å². The molecule has 0 spiro atoms. The van der Waals surface area contributed by atoms with Gasteiger partial charge >= 0.3 is 12.0 Å². The first-order valence-corrected chi connectivity index (χ1v) is 7.12. The van der Waals surface area contributed by atoms with Crippen LogP contribution in [0.25, 0.3) is 0 Å². The topological polar surface area (TPSA) is 96.9 Å². The molecule has 0 unspecified atom stereocenters. The highest BCUT2D eigenvalue weighted by molar-refractivity contribution is 5.78. The van der Waals surface area contributed by atoms with E-state index in [0.717, 1.165) is 6.42 Å². The van der Waals surface area contributed by atoms with Crippen LogP contribution < -0.4 is 10.6 Å². The predicted molar refractivity (Wildman–Crippen MR) is 77.2 cm³/mol. The van der Waals surface area contributed by atoms with Crippen molar-refractivity contribution in [2.24, 2.45) is 5.41 Å². The Balaban J connectivity index is 2.21. The molecule has 0 aliphatic carbocycles. The number of hydrogen-bond donors (Lipinski definition) is 3. The van der Waals surface area contributed by atoms with E-state index < -0.39 is 11.4 Å². The maximum atomic E-state index is 11.6. The highest BCUT2D eigenvalue weighted by atomic mass is 16.5. The average Bonchev–Trinajstić information content (AvgIpc) is 2.49. The molecule has 3 N–H and O–H groups in total. The Morgan fingerprint density at radius 2 is 2.00 bits per heavy atom. The zero-order valence-corrected chi connectivity index (χ0v) is 12.2. The summed E-state index contributed by atoms with van der Waals surface area (Å²) in [6, 6.07) is -0.380. The molecule has 0 atom stereocenters. The lowest BCUT2D eigenvalue weighted by atomic mass is 9.80. The Morgan fingerprint density at radius 3 is 2.62 bits per heavy atom. The third kappa shape index (κ3) is 6.14. The molecule has 7 nitrogen and oxygen atoms in total. The van der Waals surface area contributed by atoms with Crippen LogP contribution in [0.5, 0.6) is 0 Å². The Morgan fingerprint density at radius 1 is 1.29 bits per heavy atom. The lowest BCUT2D eigenvalue weighted by Gasteiger charge is -2.33. The van der Waals surface area contributed by atoms with Crippen LogP contribution >= 0.6 is 0 Å². The van der Waals surface area contributed by atoms with E-state index in [2.05, 4.69) is 17.2 Å². The standard InChI is InChI=1S/C14H24N2O5/c1-2-3-7-20-10-6-15-13(19)16-11-14(12(17)18)4-8-21-9-5-14/h2H,1,3-11H2,(H,17,18)(H2,15,16,19). The Kier molecular flexibility index (Phi) is 7.78. The van der Waals surface area contributed by atoms with Crippen molar-refractivity contribution in [2.45, 2.75) is 19.3 Å². The van der Waals surface area contributed by atoms with Crippen LogP contribution in [0.4, 0.5) is 4.79 Å². The first kappa shape index (κ1) is 17.5. The van der Waals surface area contributed by atoms with Crippen molar-refractivity contribution in [3.63, 3.8) is 0 Å². The summed E-state index contributed by atoms with van der Waals surface area (Å²) in [5.41, 5.74) is -0.921. The van der Waals surface area contributed by atoms with Crippen LogP contribution in [-0.2, 0) is 14.3 Å². The molecular weight excluding hydrogens is 276 g/mol. The summed E-state index contributed by atoms with van der Waals surface area (Å²) >= 11 is 0. The van der Waals surface area contributed by atoms with Gasteiger partial charge in [0, 0.05) is 26.3 Å². The number of carbonyl (C=O) groups excluding carboxylic acids is 1. The molecule has 7 heteroatoms. The minimum atomic E-state index is -0.921. The van der Waals surface area contributed by atoms with Gasteiger partial charge in [-0.05, 0) is 19.3 Å². The van der Waals surface area contributed by atoms with Crippen LogP contribution in [0.2, 0.25) is 0 Å². The number of rotatable bonds is 9. The molecule has 2 amide bonds. The quantitative estimate of drug-likeness (QED) is 0.431. The van der Waals surface area contributed by atoms with Crippen molar-refractivity contribution in [3.8, 4) is 0 Å². The molecule has 0 radical (unpaired) electrons. The van der Waals surface area contributed by atoms with Gasteiger partial charge in [0.25, 0.3) is 0 Å². The van der Waals surface area contributed by atoms with Gasteiger partial charge in [0.05, 0.1) is 18.6 Å². The first-order valence-electron chi connectivity index (χ1n) is 7.12. The van der Waals surface area contributed by atoms with Crippen LogP contribution in [0.15, 0.2) is 12.7 Å². The van der Waals surface area contributed by atoms with Crippen molar-refractivity contribution >= 4 is 12.0 Å². The van der Waals surface area contributed by atoms with Crippen LogP contribution in [0, 0.1) is 5.41 Å². The van der Waals surface area contributed by atoms with E-state index in [0.29, 0.717) is 45.8 Å². The molecule has 1 aliphatic rings. The van der Waals surface area contributed by atoms with Crippen LogP contribution in [0.3, 0.4) is 0 Å². The third-order valence-electron chi connectivity index (χ3n) is 3.49. The maximum absolute atomic E-state index is 11.6. The van der Waals surface area contributed by atoms with Crippen molar-refractivity contribution in [3.05, 3.63) is 12.7 Å². The van der Waals surface area contributed by atoms with E-state index in [-0.39, 0.29) is 12.6 Å². The summed E-state index contributed by atoms with van der Waals surface area (Å²) in [6.07, 6.45) is 3.36. The number of ether oxygens (including phenoxy) is 2. The third-order valence-corrected chi connectivity index (χ3v) is 3.49. The molecule has 21 heavy (non-hydrogen) atoms. The van der Waals surface area contributed by atoms with Gasteiger partial charge in [-0.2, -0.15) is 0 Å². The summed E-state index contributed by atoms with van der Waals surface area (Å²) in [7, 11) is 0. The fourth-order valence-electron chi connectivity index (χ4n) is 2.05. The minimum Gasteiger partial charge on any atom is -0.481 e. The van der Waals surface area contributed by atoms with E-state index in [1.54, 1.807) is 6.08 Å². The van der Waals surface area contributed by atoms with Crippen LogP contribution in [0.1, 0.15) is 19.3 Å². The lowest BCUT2D eigenvalue weighted by molar-refractivity contribution is -0.154. The number of carboxylic acid groups (broad SMARTS) is 1. The van der Waals surface area contributed by atoms with Crippen molar-refractivity contribution in [1.82, 2.24) is 10.6 Å². The largest absolute Gasteiger partial charge is 0.481 e. The predicted octanol–water partition coefficient (Wildman–Crippen LogP) is 0.760. The number of amides is 2. The number of nitrogens with one attached hydrogen (secondary N) is 2. The Bertz CT molecular complexity index is 353. The summed E-state index contributed by atoms with van der Waals surface area (Å²) in [5, 5.41) is 14.6. The lowest BCUT2D eigenvalue weighted by Crippen LogP contribution is -2.49. The van der Waals surface area contributed by atoms with Crippen molar-refractivity contribution in [2.75, 3.05) is 39.5 Å². The number of hydrogen-bond acceptors (Lipinski definition) is 4. The second kappa shape index (κ2) is 9.36. The number of urea groups is 1. The fourth-order valence-corrected chi connectivity index (χ4v) is 2.05. The molecule has 1 heterocycles. The Hall–Kier alpha value is -1.60. The number of carboxylic acids is 1. The molecule has 0 aromatic carbocycles. The zero-order chi connectivity index (χ0) is 15.6. The average molecular weight is 300 g/mol. The van der Waals surface area contributed by atoms with E-state index in [1.807, 2.05) is 0 Å². The molecule has 0 saturated carbocycles. The molecule has 0 aromatic rings. The fraction of sp³-hybridized carbons (Fsp3) is 0.714. The number of aliphatic carboxylic acids is 1. The summed E-state index contributed by atoms with van der Waals surface area (Å²) in [5.74, 6) is -0.890. The first-order chi connectivity index (χ1) is 10.1. The molecule has 1 aliphatic heterocycles. The molecule has 1 rings (SSSR count). The van der Waals surface area contributed by atoms with E-state index in [4.69, 9.17) is 9.47 Å². The van der Waals surface area contributed by atoms with E-state index >= 15 is 0 Å². The van der Waals surface area contributed by atoms with Crippen molar-refractivity contribution < 1.29 is 24.2 Å².